The molecular weight excluding hydrogens is 315 g/mol. The molecule has 0 bridgehead atoms. The Morgan fingerprint density at radius 2 is 2.32 bits per heavy atom. The fourth-order valence-electron chi connectivity index (χ4n) is 1.61. The number of nitrogens with zero attached hydrogens (tertiary/aromatic N) is 3. The lowest BCUT2D eigenvalue weighted by Crippen LogP contribution is -2.25. The molecular formula is C12H12BrFN4O. The van der Waals surface area contributed by atoms with Crippen LogP contribution in [0.2, 0.25) is 0 Å². The van der Waals surface area contributed by atoms with Crippen molar-refractivity contribution < 1.29 is 9.18 Å². The van der Waals surface area contributed by atoms with Crippen LogP contribution in [-0.4, -0.2) is 20.7 Å². The summed E-state index contributed by atoms with van der Waals surface area (Å²) >= 11 is 3.05. The molecule has 1 amide bonds. The summed E-state index contributed by atoms with van der Waals surface area (Å²) in [6, 6.07) is 4.58. The van der Waals surface area contributed by atoms with Crippen LogP contribution in [0.1, 0.15) is 23.1 Å². The molecule has 0 radical (unpaired) electrons. The molecule has 5 nitrogen and oxygen atoms in total. The van der Waals surface area contributed by atoms with Gasteiger partial charge < -0.3 is 9.88 Å². The maximum absolute atomic E-state index is 13.7. The molecule has 1 aromatic heterocycles. The van der Waals surface area contributed by atoms with Crippen LogP contribution in [0.3, 0.4) is 0 Å². The molecule has 1 N–H and O–H groups in total. The third-order valence-corrected chi connectivity index (χ3v) is 3.25. The maximum Gasteiger partial charge on any atom is 0.254 e. The lowest BCUT2D eigenvalue weighted by atomic mass is 10.2. The van der Waals surface area contributed by atoms with E-state index in [1.165, 1.54) is 6.07 Å². The van der Waals surface area contributed by atoms with E-state index in [0.29, 0.717) is 12.4 Å². The van der Waals surface area contributed by atoms with Crippen LogP contribution in [0.5, 0.6) is 0 Å². The summed E-state index contributed by atoms with van der Waals surface area (Å²) in [5, 5.41) is 10.3. The van der Waals surface area contributed by atoms with E-state index in [-0.39, 0.29) is 16.6 Å². The first-order chi connectivity index (χ1) is 9.13. The van der Waals surface area contributed by atoms with Gasteiger partial charge in [-0.3, -0.25) is 4.79 Å². The van der Waals surface area contributed by atoms with E-state index in [1.54, 1.807) is 23.0 Å². The summed E-state index contributed by atoms with van der Waals surface area (Å²) in [5.41, 5.74) is -0.00283. The second-order valence-corrected chi connectivity index (χ2v) is 4.67. The van der Waals surface area contributed by atoms with Gasteiger partial charge in [0, 0.05) is 6.54 Å². The Hall–Kier alpha value is -1.76. The van der Waals surface area contributed by atoms with Crippen molar-refractivity contribution in [2.45, 2.75) is 20.0 Å². The van der Waals surface area contributed by atoms with Gasteiger partial charge >= 0.3 is 0 Å². The van der Waals surface area contributed by atoms with Crippen molar-refractivity contribution in [3.05, 3.63) is 46.2 Å². The van der Waals surface area contributed by atoms with Gasteiger partial charge in [-0.2, -0.15) is 0 Å². The van der Waals surface area contributed by atoms with E-state index in [2.05, 4.69) is 31.4 Å². The number of amides is 1. The van der Waals surface area contributed by atoms with Crippen LogP contribution in [0.15, 0.2) is 29.0 Å². The van der Waals surface area contributed by atoms with Crippen molar-refractivity contribution in [1.29, 1.82) is 0 Å². The fraction of sp³-hybridized carbons (Fsp3) is 0.250. The Bertz CT molecular complexity index is 599. The van der Waals surface area contributed by atoms with E-state index in [9.17, 15) is 9.18 Å². The molecule has 7 heteroatoms. The number of aromatic nitrogens is 3. The van der Waals surface area contributed by atoms with E-state index in [4.69, 9.17) is 0 Å². The minimum absolute atomic E-state index is 0.00283. The number of carbonyl (C=O) groups is 1. The zero-order valence-electron chi connectivity index (χ0n) is 10.2. The topological polar surface area (TPSA) is 59.8 Å². The largest absolute Gasteiger partial charge is 0.345 e. The van der Waals surface area contributed by atoms with Crippen molar-refractivity contribution in [1.82, 2.24) is 20.1 Å². The molecule has 1 heterocycles. The maximum atomic E-state index is 13.7. The van der Waals surface area contributed by atoms with Crippen LogP contribution < -0.4 is 5.32 Å². The number of rotatable bonds is 4. The predicted octanol–water partition coefficient (Wildman–Crippen LogP) is 2.13. The van der Waals surface area contributed by atoms with Gasteiger partial charge in [-0.15, -0.1) is 10.2 Å². The Balaban J connectivity index is 2.08. The number of benzene rings is 1. The zero-order valence-corrected chi connectivity index (χ0v) is 11.8. The van der Waals surface area contributed by atoms with Crippen LogP contribution >= 0.6 is 15.9 Å². The summed E-state index contributed by atoms with van der Waals surface area (Å²) in [6.07, 6.45) is 1.58. The smallest absolute Gasteiger partial charge is 0.254 e. The normalized spacial score (nSPS) is 10.5. The van der Waals surface area contributed by atoms with Crippen LogP contribution in [0.25, 0.3) is 0 Å². The summed E-state index contributed by atoms with van der Waals surface area (Å²) < 4.78 is 15.8. The van der Waals surface area contributed by atoms with Crippen molar-refractivity contribution in [2.24, 2.45) is 0 Å². The summed E-state index contributed by atoms with van der Waals surface area (Å²) in [5.74, 6) is -0.423. The number of aryl methyl sites for hydroxylation is 1. The predicted molar refractivity (Wildman–Crippen MR) is 71.0 cm³/mol. The molecule has 19 heavy (non-hydrogen) atoms. The third kappa shape index (κ3) is 2.98. The highest BCUT2D eigenvalue weighted by Gasteiger charge is 2.14. The average Bonchev–Trinajstić information content (AvgIpc) is 2.86. The molecule has 0 fully saturated rings. The van der Waals surface area contributed by atoms with E-state index >= 15 is 0 Å². The van der Waals surface area contributed by atoms with Crippen LogP contribution in [-0.2, 0) is 13.1 Å². The quantitative estimate of drug-likeness (QED) is 0.936. The summed E-state index contributed by atoms with van der Waals surface area (Å²) in [6.45, 7) is 2.87. The molecule has 0 atom stereocenters. The van der Waals surface area contributed by atoms with Gasteiger partial charge in [0.25, 0.3) is 5.91 Å². The van der Waals surface area contributed by atoms with Gasteiger partial charge in [0.15, 0.2) is 5.82 Å². The van der Waals surface area contributed by atoms with Gasteiger partial charge in [-0.1, -0.05) is 6.07 Å². The van der Waals surface area contributed by atoms with Crippen molar-refractivity contribution in [3.63, 3.8) is 0 Å². The standard InChI is InChI=1S/C12H12BrFN4O/c1-2-18-7-16-17-10(18)6-15-12(19)8-4-3-5-9(13)11(8)14/h3-5,7H,2,6H2,1H3,(H,15,19). The van der Waals surface area contributed by atoms with E-state index in [0.717, 1.165) is 0 Å². The monoisotopic (exact) mass is 326 g/mol. The second-order valence-electron chi connectivity index (χ2n) is 3.82. The first-order valence-electron chi connectivity index (χ1n) is 5.72. The molecule has 0 saturated heterocycles. The van der Waals surface area contributed by atoms with Gasteiger partial charge in [0.2, 0.25) is 0 Å². The van der Waals surface area contributed by atoms with E-state index < -0.39 is 11.7 Å². The fourth-order valence-corrected chi connectivity index (χ4v) is 1.98. The Labute approximate surface area is 118 Å². The lowest BCUT2D eigenvalue weighted by molar-refractivity contribution is 0.0945. The van der Waals surface area contributed by atoms with Gasteiger partial charge in [0.1, 0.15) is 12.1 Å². The van der Waals surface area contributed by atoms with Gasteiger partial charge in [-0.05, 0) is 35.0 Å². The first kappa shape index (κ1) is 13.7. The molecule has 0 saturated carbocycles. The van der Waals surface area contributed by atoms with E-state index in [1.807, 2.05) is 6.92 Å². The molecule has 0 aliphatic rings. The average molecular weight is 327 g/mol. The van der Waals surface area contributed by atoms with Crippen molar-refractivity contribution >= 4 is 21.8 Å². The number of carbonyl (C=O) groups excluding carboxylic acids is 1. The highest BCUT2D eigenvalue weighted by atomic mass is 79.9. The number of halogens is 2. The minimum atomic E-state index is -0.572. The number of nitrogens with one attached hydrogen (secondary N) is 1. The molecule has 0 unspecified atom stereocenters. The highest BCUT2D eigenvalue weighted by molar-refractivity contribution is 9.10. The Morgan fingerprint density at radius 3 is 3.05 bits per heavy atom. The molecule has 100 valence electrons. The van der Waals surface area contributed by atoms with Crippen LogP contribution in [0.4, 0.5) is 4.39 Å². The Morgan fingerprint density at radius 1 is 1.53 bits per heavy atom. The highest BCUT2D eigenvalue weighted by Crippen LogP contribution is 2.18. The number of hydrogen-bond acceptors (Lipinski definition) is 3. The molecule has 0 aliphatic carbocycles. The molecule has 1 aromatic carbocycles. The SMILES string of the molecule is CCn1cnnc1CNC(=O)c1cccc(Br)c1F. The summed E-state index contributed by atoms with van der Waals surface area (Å²) in [4.78, 5) is 11.9. The molecule has 2 rings (SSSR count). The second kappa shape index (κ2) is 5.92. The molecule has 0 spiro atoms. The Kier molecular flexibility index (Phi) is 4.26. The van der Waals surface area contributed by atoms with Gasteiger partial charge in [0.05, 0.1) is 16.6 Å². The minimum Gasteiger partial charge on any atom is -0.345 e. The van der Waals surface area contributed by atoms with Crippen molar-refractivity contribution in [2.75, 3.05) is 0 Å². The summed E-state index contributed by atoms with van der Waals surface area (Å²) in [7, 11) is 0. The first-order valence-corrected chi connectivity index (χ1v) is 6.51. The zero-order chi connectivity index (χ0) is 13.8. The lowest BCUT2D eigenvalue weighted by Gasteiger charge is -2.07. The third-order valence-electron chi connectivity index (χ3n) is 2.64. The molecule has 2 aromatic rings. The van der Waals surface area contributed by atoms with Crippen molar-refractivity contribution in [3.8, 4) is 0 Å². The number of hydrogen-bond donors (Lipinski definition) is 1. The van der Waals surface area contributed by atoms with Gasteiger partial charge in [-0.25, -0.2) is 4.39 Å². The van der Waals surface area contributed by atoms with Crippen LogP contribution in [0, 0.1) is 5.82 Å². The molecule has 0 aliphatic heterocycles.